The number of rotatable bonds is 1. The average molecular weight is 524 g/mol. The van der Waals surface area contributed by atoms with Gasteiger partial charge in [0.25, 0.3) is 0 Å². The maximum Gasteiger partial charge on any atom is 0.410 e. The number of carbonyl (C=O) groups excluding carboxylic acids is 1. The number of hydrogen-bond donors (Lipinski definition) is 2. The highest BCUT2D eigenvalue weighted by molar-refractivity contribution is 6.37. The molecule has 11 nitrogen and oxygen atoms in total. The number of ether oxygens (including phenoxy) is 2. The summed E-state index contributed by atoms with van der Waals surface area (Å²) in [6, 6.07) is 1.74. The molecule has 1 amide bonds. The minimum atomic E-state index is -0.576. The number of carbonyl (C=O) groups is 1. The second kappa shape index (κ2) is 8.34. The number of imidazole rings is 1. The number of benzene rings is 1. The summed E-state index contributed by atoms with van der Waals surface area (Å²) in [6.45, 7) is 9.23. The van der Waals surface area contributed by atoms with Gasteiger partial charge in [0, 0.05) is 37.0 Å². The fourth-order valence-corrected chi connectivity index (χ4v) is 5.35. The lowest BCUT2D eigenvalue weighted by molar-refractivity contribution is 0.0202. The SMILES string of the molecule is Cc1cnc2[nH]c(=O)[nH]c2c1-c1cc2ncnc3c2c(c1Cl)OCC1CN(C(=O)OC(C)(C)C)CCN31. The second-order valence-corrected chi connectivity index (χ2v) is 10.7. The Bertz CT molecular complexity index is 1620. The van der Waals surface area contributed by atoms with E-state index in [1.54, 1.807) is 11.1 Å². The molecular weight excluding hydrogens is 498 g/mol. The first-order valence-electron chi connectivity index (χ1n) is 12.0. The van der Waals surface area contributed by atoms with E-state index in [-0.39, 0.29) is 17.8 Å². The lowest BCUT2D eigenvalue weighted by Gasteiger charge is -2.41. The Hall–Kier alpha value is -3.86. The average Bonchev–Trinajstić information content (AvgIpc) is 3.13. The molecular formula is C25H26ClN7O4. The van der Waals surface area contributed by atoms with Crippen molar-refractivity contribution in [2.75, 3.05) is 31.1 Å². The van der Waals surface area contributed by atoms with Gasteiger partial charge >= 0.3 is 11.8 Å². The minimum absolute atomic E-state index is 0.151. The van der Waals surface area contributed by atoms with Crippen LogP contribution in [0, 0.1) is 6.92 Å². The molecule has 3 aromatic heterocycles. The van der Waals surface area contributed by atoms with Crippen LogP contribution in [-0.2, 0) is 4.74 Å². The summed E-state index contributed by atoms with van der Waals surface area (Å²) < 4.78 is 11.9. The summed E-state index contributed by atoms with van der Waals surface area (Å²) in [5, 5.41) is 1.11. The molecule has 2 aliphatic rings. The van der Waals surface area contributed by atoms with Crippen LogP contribution in [-0.4, -0.2) is 73.8 Å². The Kier molecular flexibility index (Phi) is 5.30. The molecule has 1 aromatic carbocycles. The molecule has 1 saturated heterocycles. The predicted molar refractivity (Wildman–Crippen MR) is 139 cm³/mol. The van der Waals surface area contributed by atoms with E-state index in [0.717, 1.165) is 16.5 Å². The third-order valence-electron chi connectivity index (χ3n) is 6.64. The van der Waals surface area contributed by atoms with Crippen molar-refractivity contribution < 1.29 is 14.3 Å². The maximum atomic E-state index is 12.7. The van der Waals surface area contributed by atoms with E-state index in [1.165, 1.54) is 6.33 Å². The molecule has 1 fully saturated rings. The Labute approximate surface area is 216 Å². The topological polar surface area (TPSA) is 129 Å². The van der Waals surface area contributed by atoms with Gasteiger partial charge in [-0.3, -0.25) is 4.98 Å². The molecule has 1 atom stereocenters. The van der Waals surface area contributed by atoms with E-state index in [9.17, 15) is 9.59 Å². The van der Waals surface area contributed by atoms with Crippen LogP contribution in [0.25, 0.3) is 33.2 Å². The third-order valence-corrected chi connectivity index (χ3v) is 7.01. The van der Waals surface area contributed by atoms with Crippen LogP contribution in [0.3, 0.4) is 0 Å². The van der Waals surface area contributed by atoms with E-state index < -0.39 is 5.60 Å². The largest absolute Gasteiger partial charge is 0.489 e. The molecule has 0 aliphatic carbocycles. The number of aromatic amines is 2. The Morgan fingerprint density at radius 1 is 1.22 bits per heavy atom. The van der Waals surface area contributed by atoms with E-state index in [1.807, 2.05) is 33.8 Å². The zero-order valence-corrected chi connectivity index (χ0v) is 21.6. The number of anilines is 1. The van der Waals surface area contributed by atoms with Gasteiger partial charge in [0.1, 0.15) is 24.4 Å². The van der Waals surface area contributed by atoms with Gasteiger partial charge in [-0.25, -0.2) is 24.5 Å². The summed E-state index contributed by atoms with van der Waals surface area (Å²) in [5.74, 6) is 1.19. The summed E-state index contributed by atoms with van der Waals surface area (Å²) in [7, 11) is 0. The smallest absolute Gasteiger partial charge is 0.410 e. The Morgan fingerprint density at radius 2 is 2.03 bits per heavy atom. The maximum absolute atomic E-state index is 12.7. The van der Waals surface area contributed by atoms with Crippen LogP contribution < -0.4 is 15.3 Å². The van der Waals surface area contributed by atoms with Gasteiger partial charge in [-0.15, -0.1) is 0 Å². The standard InChI is InChI=1S/C25H26ClN7O4/c1-12-8-27-21-19(30-23(34)31-21)16(12)14-7-15-17-20(18(14)26)36-10-13-9-32(24(35)37-25(2,3)4)5-6-33(13)22(17)29-11-28-15/h7-8,11,13H,5-6,9-10H2,1-4H3,(H2,27,30,31,34). The Morgan fingerprint density at radius 3 is 2.81 bits per heavy atom. The van der Waals surface area contributed by atoms with Crippen LogP contribution in [0.15, 0.2) is 23.4 Å². The number of pyridine rings is 1. The van der Waals surface area contributed by atoms with Crippen molar-refractivity contribution in [2.45, 2.75) is 39.3 Å². The van der Waals surface area contributed by atoms with Gasteiger partial charge in [-0.05, 0) is 39.3 Å². The number of aromatic nitrogens is 5. The highest BCUT2D eigenvalue weighted by Crippen LogP contribution is 2.47. The molecule has 4 aromatic rings. The number of amides is 1. The summed E-state index contributed by atoms with van der Waals surface area (Å²) in [5.41, 5.74) is 2.99. The zero-order valence-electron chi connectivity index (χ0n) is 20.9. The van der Waals surface area contributed by atoms with Crippen molar-refractivity contribution in [3.63, 3.8) is 0 Å². The number of halogens is 1. The predicted octanol–water partition coefficient (Wildman–Crippen LogP) is 3.64. The van der Waals surface area contributed by atoms with Gasteiger partial charge in [0.15, 0.2) is 11.4 Å². The Balaban J connectivity index is 1.45. The van der Waals surface area contributed by atoms with Crippen molar-refractivity contribution in [1.82, 2.24) is 29.8 Å². The number of aryl methyl sites for hydroxylation is 1. The van der Waals surface area contributed by atoms with Crippen molar-refractivity contribution in [1.29, 1.82) is 0 Å². The number of nitrogens with zero attached hydrogens (tertiary/aromatic N) is 5. The number of fused-ring (bicyclic) bond motifs is 3. The molecule has 6 rings (SSSR count). The highest BCUT2D eigenvalue weighted by Gasteiger charge is 2.37. The highest BCUT2D eigenvalue weighted by atomic mass is 35.5. The van der Waals surface area contributed by atoms with Gasteiger partial charge < -0.3 is 24.3 Å². The van der Waals surface area contributed by atoms with E-state index in [2.05, 4.69) is 29.8 Å². The van der Waals surface area contributed by atoms with Crippen LogP contribution >= 0.6 is 11.6 Å². The molecule has 0 radical (unpaired) electrons. The molecule has 2 N–H and O–H groups in total. The minimum Gasteiger partial charge on any atom is -0.489 e. The second-order valence-electron chi connectivity index (χ2n) is 10.4. The van der Waals surface area contributed by atoms with E-state index >= 15 is 0 Å². The first kappa shape index (κ1) is 23.5. The molecule has 0 saturated carbocycles. The molecule has 1 unspecified atom stereocenters. The van der Waals surface area contributed by atoms with Gasteiger partial charge in [-0.2, -0.15) is 0 Å². The van der Waals surface area contributed by atoms with Crippen LogP contribution in [0.1, 0.15) is 26.3 Å². The van der Waals surface area contributed by atoms with Crippen molar-refractivity contribution in [3.8, 4) is 16.9 Å². The third kappa shape index (κ3) is 3.93. The lowest BCUT2D eigenvalue weighted by Crippen LogP contribution is -2.57. The number of nitrogens with one attached hydrogen (secondary N) is 2. The van der Waals surface area contributed by atoms with Crippen LogP contribution in [0.4, 0.5) is 10.6 Å². The summed E-state index contributed by atoms with van der Waals surface area (Å²) in [6.07, 6.45) is 2.87. The monoisotopic (exact) mass is 523 g/mol. The van der Waals surface area contributed by atoms with Gasteiger partial charge in [0.05, 0.1) is 27.5 Å². The zero-order chi connectivity index (χ0) is 26.1. The molecule has 12 heteroatoms. The molecule has 5 heterocycles. The van der Waals surface area contributed by atoms with E-state index in [0.29, 0.717) is 65.1 Å². The molecule has 2 aliphatic heterocycles. The fourth-order valence-electron chi connectivity index (χ4n) is 5.05. The van der Waals surface area contributed by atoms with Crippen molar-refractivity contribution in [3.05, 3.63) is 39.7 Å². The number of piperazine rings is 1. The molecule has 0 bridgehead atoms. The van der Waals surface area contributed by atoms with Crippen molar-refractivity contribution >= 4 is 45.6 Å². The van der Waals surface area contributed by atoms with Gasteiger partial charge in [-0.1, -0.05) is 11.6 Å². The van der Waals surface area contributed by atoms with Crippen molar-refractivity contribution in [2.24, 2.45) is 0 Å². The lowest BCUT2D eigenvalue weighted by atomic mass is 9.99. The molecule has 37 heavy (non-hydrogen) atoms. The van der Waals surface area contributed by atoms with E-state index in [4.69, 9.17) is 21.1 Å². The molecule has 192 valence electrons. The quantitative estimate of drug-likeness (QED) is 0.387. The number of hydrogen-bond acceptors (Lipinski definition) is 8. The summed E-state index contributed by atoms with van der Waals surface area (Å²) >= 11 is 7.02. The fraction of sp³-hybridized carbons (Fsp3) is 0.400. The van der Waals surface area contributed by atoms with Crippen LogP contribution in [0.2, 0.25) is 5.02 Å². The van der Waals surface area contributed by atoms with Crippen LogP contribution in [0.5, 0.6) is 5.75 Å². The van der Waals surface area contributed by atoms with Gasteiger partial charge in [0.2, 0.25) is 0 Å². The first-order chi connectivity index (χ1) is 17.6. The first-order valence-corrected chi connectivity index (χ1v) is 12.4. The summed E-state index contributed by atoms with van der Waals surface area (Å²) in [4.78, 5) is 47.6. The number of H-pyrrole nitrogens is 2. The normalized spacial score (nSPS) is 17.5. The molecule has 0 spiro atoms.